The van der Waals surface area contributed by atoms with Crippen molar-refractivity contribution in [3.8, 4) is 0 Å². The lowest BCUT2D eigenvalue weighted by Gasteiger charge is -2.32. The van der Waals surface area contributed by atoms with Crippen LogP contribution in [0.3, 0.4) is 0 Å². The number of nitrogens with zero attached hydrogens (tertiary/aromatic N) is 2. The Morgan fingerprint density at radius 2 is 2.12 bits per heavy atom. The first kappa shape index (κ1) is 19.9. The molecule has 1 aliphatic heterocycles. The number of nitrogens with one attached hydrogen (secondary N) is 2. The van der Waals surface area contributed by atoms with Gasteiger partial charge in [-0.05, 0) is 67.0 Å². The average molecular weight is 447 g/mol. The summed E-state index contributed by atoms with van der Waals surface area (Å²) in [6.07, 6.45) is 5.87. The molecule has 1 aromatic carbocycles. The number of benzene rings is 1. The quantitative estimate of drug-likeness (QED) is 0.502. The van der Waals surface area contributed by atoms with Crippen molar-refractivity contribution in [2.45, 2.75) is 51.1 Å². The summed E-state index contributed by atoms with van der Waals surface area (Å²) < 4.78 is 2.86. The Morgan fingerprint density at radius 3 is 3.00 bits per heavy atom. The molecule has 0 bridgehead atoms. The van der Waals surface area contributed by atoms with Crippen molar-refractivity contribution >= 4 is 31.8 Å². The van der Waals surface area contributed by atoms with Crippen LogP contribution in [0.2, 0.25) is 0 Å². The number of hydrogen-bond acceptors (Lipinski definition) is 5. The number of aryl methyl sites for hydroxylation is 1. The summed E-state index contributed by atoms with van der Waals surface area (Å²) in [6.45, 7) is 3.65. The summed E-state index contributed by atoms with van der Waals surface area (Å²) in [5.41, 5.74) is 5.16. The van der Waals surface area contributed by atoms with Gasteiger partial charge in [-0.15, -0.1) is 11.3 Å². The molecule has 2 aliphatic rings. The van der Waals surface area contributed by atoms with Crippen LogP contribution in [0, 0.1) is 5.92 Å². The third-order valence-corrected chi connectivity index (χ3v) is 8.56. The predicted octanol–water partition coefficient (Wildman–Crippen LogP) is 3.57. The molecular weight excluding hydrogens is 420 g/mol. The van der Waals surface area contributed by atoms with Gasteiger partial charge in [-0.25, -0.2) is 4.79 Å². The van der Waals surface area contributed by atoms with Crippen molar-refractivity contribution in [3.05, 3.63) is 74.1 Å². The molecular formula is C25H26N4O2S. The van der Waals surface area contributed by atoms with Gasteiger partial charge in [0.25, 0.3) is 5.56 Å². The molecule has 0 saturated carbocycles. The maximum Gasteiger partial charge on any atom is 0.328 e. The second-order valence-corrected chi connectivity index (χ2v) is 10.1. The van der Waals surface area contributed by atoms with Crippen molar-refractivity contribution in [2.75, 3.05) is 6.54 Å². The molecule has 164 valence electrons. The largest absolute Gasteiger partial charge is 0.328 e. The van der Waals surface area contributed by atoms with Gasteiger partial charge in [-0.2, -0.15) is 0 Å². The lowest BCUT2D eigenvalue weighted by atomic mass is 9.72. The SMILES string of the molecule is CCc1cccc2c1CC[C@H]1CNC(CCn3c(=O)[nH]c4c(sc5cccnc54)c3=O)[C@@H]21. The van der Waals surface area contributed by atoms with Gasteiger partial charge in [0.15, 0.2) is 0 Å². The highest BCUT2D eigenvalue weighted by Gasteiger charge is 2.40. The maximum atomic E-state index is 13.2. The highest BCUT2D eigenvalue weighted by atomic mass is 32.1. The van der Waals surface area contributed by atoms with Crippen LogP contribution in [0.25, 0.3) is 20.4 Å². The van der Waals surface area contributed by atoms with E-state index in [0.29, 0.717) is 34.1 Å². The minimum atomic E-state index is -0.347. The minimum Gasteiger partial charge on any atom is -0.313 e. The summed E-state index contributed by atoms with van der Waals surface area (Å²) in [5, 5.41) is 3.71. The van der Waals surface area contributed by atoms with E-state index in [1.165, 1.54) is 39.0 Å². The third-order valence-electron chi connectivity index (χ3n) is 7.42. The Bertz CT molecular complexity index is 1450. The molecule has 3 aromatic heterocycles. The molecule has 4 heterocycles. The predicted molar refractivity (Wildman–Crippen MR) is 129 cm³/mol. The lowest BCUT2D eigenvalue weighted by molar-refractivity contribution is 0.390. The van der Waals surface area contributed by atoms with E-state index >= 15 is 0 Å². The molecule has 1 fully saturated rings. The molecule has 6 rings (SSSR count). The van der Waals surface area contributed by atoms with Crippen molar-refractivity contribution in [1.82, 2.24) is 19.9 Å². The standard InChI is InChI=1S/C25H26N4O2S/c1-2-14-5-3-6-17-16(14)9-8-15-13-27-18(20(15)17)10-12-29-24(30)23-22(28-25(29)31)21-19(32-23)7-4-11-26-21/h3-7,11,15,18,20,27H,2,8-10,12-13H2,1H3,(H,28,31)/t15-,18?,20+/m0/s1. The van der Waals surface area contributed by atoms with Crippen molar-refractivity contribution < 1.29 is 0 Å². The van der Waals surface area contributed by atoms with E-state index in [9.17, 15) is 9.59 Å². The zero-order valence-electron chi connectivity index (χ0n) is 18.1. The number of fused-ring (bicyclic) bond motifs is 6. The molecule has 0 amide bonds. The second kappa shape index (κ2) is 7.67. The van der Waals surface area contributed by atoms with Gasteiger partial charge in [-0.3, -0.25) is 14.3 Å². The number of thiophene rings is 1. The van der Waals surface area contributed by atoms with E-state index in [2.05, 4.69) is 40.4 Å². The van der Waals surface area contributed by atoms with E-state index in [4.69, 9.17) is 0 Å². The van der Waals surface area contributed by atoms with Crippen LogP contribution in [0.15, 0.2) is 46.1 Å². The second-order valence-electron chi connectivity index (χ2n) is 9.01. The van der Waals surface area contributed by atoms with Gasteiger partial charge in [0.1, 0.15) is 10.2 Å². The van der Waals surface area contributed by atoms with Gasteiger partial charge >= 0.3 is 5.69 Å². The molecule has 32 heavy (non-hydrogen) atoms. The number of rotatable bonds is 4. The van der Waals surface area contributed by atoms with Crippen molar-refractivity contribution in [2.24, 2.45) is 5.92 Å². The number of pyridine rings is 1. The Morgan fingerprint density at radius 1 is 1.22 bits per heavy atom. The van der Waals surface area contributed by atoms with E-state index in [1.54, 1.807) is 6.20 Å². The lowest BCUT2D eigenvalue weighted by Crippen LogP contribution is -2.37. The molecule has 1 aliphatic carbocycles. The first-order valence-corrected chi connectivity index (χ1v) is 12.3. The normalized spacial score (nSPS) is 22.3. The monoisotopic (exact) mass is 446 g/mol. The van der Waals surface area contributed by atoms with Crippen LogP contribution >= 0.6 is 11.3 Å². The minimum absolute atomic E-state index is 0.210. The first-order valence-electron chi connectivity index (χ1n) is 11.5. The van der Waals surface area contributed by atoms with Crippen molar-refractivity contribution in [3.63, 3.8) is 0 Å². The first-order chi connectivity index (χ1) is 15.7. The zero-order valence-corrected chi connectivity index (χ0v) is 18.9. The van der Waals surface area contributed by atoms with Gasteiger partial charge in [-0.1, -0.05) is 25.1 Å². The fourth-order valence-electron chi connectivity index (χ4n) is 5.91. The molecule has 2 N–H and O–H groups in total. The Labute approximate surface area is 189 Å². The maximum absolute atomic E-state index is 13.2. The summed E-state index contributed by atoms with van der Waals surface area (Å²) in [5.74, 6) is 1.09. The average Bonchev–Trinajstić information content (AvgIpc) is 3.40. The Balaban J connectivity index is 1.33. The summed E-state index contributed by atoms with van der Waals surface area (Å²) in [7, 11) is 0. The molecule has 3 atom stereocenters. The Hall–Kier alpha value is -2.77. The summed E-state index contributed by atoms with van der Waals surface area (Å²) in [4.78, 5) is 33.3. The fourth-order valence-corrected chi connectivity index (χ4v) is 6.97. The third kappa shape index (κ3) is 2.98. The molecule has 1 saturated heterocycles. The van der Waals surface area contributed by atoms with Crippen LogP contribution in [-0.2, 0) is 19.4 Å². The van der Waals surface area contributed by atoms with Crippen LogP contribution in [0.1, 0.15) is 42.4 Å². The smallest absolute Gasteiger partial charge is 0.313 e. The van der Waals surface area contributed by atoms with E-state index in [1.807, 2.05) is 12.1 Å². The highest BCUT2D eigenvalue weighted by molar-refractivity contribution is 7.25. The molecule has 0 radical (unpaired) electrons. The zero-order chi connectivity index (χ0) is 21.8. The molecule has 4 aromatic rings. The topological polar surface area (TPSA) is 79.8 Å². The van der Waals surface area contributed by atoms with Crippen LogP contribution in [0.5, 0.6) is 0 Å². The molecule has 0 spiro atoms. The molecule has 7 heteroatoms. The number of H-pyrrole nitrogens is 1. The number of hydrogen-bond donors (Lipinski definition) is 2. The van der Waals surface area contributed by atoms with Crippen LogP contribution in [-0.4, -0.2) is 27.1 Å². The van der Waals surface area contributed by atoms with Crippen LogP contribution < -0.4 is 16.6 Å². The molecule has 1 unspecified atom stereocenters. The van der Waals surface area contributed by atoms with Crippen LogP contribution in [0.4, 0.5) is 0 Å². The fraction of sp³-hybridized carbons (Fsp3) is 0.400. The van der Waals surface area contributed by atoms with Gasteiger partial charge < -0.3 is 10.3 Å². The van der Waals surface area contributed by atoms with E-state index < -0.39 is 0 Å². The van der Waals surface area contributed by atoms with Crippen molar-refractivity contribution in [1.29, 1.82) is 0 Å². The molecule has 6 nitrogen and oxygen atoms in total. The number of aromatic amines is 1. The van der Waals surface area contributed by atoms with Gasteiger partial charge in [0.05, 0.1) is 10.2 Å². The summed E-state index contributed by atoms with van der Waals surface area (Å²) >= 11 is 1.40. The summed E-state index contributed by atoms with van der Waals surface area (Å²) in [6, 6.07) is 10.8. The van der Waals surface area contributed by atoms with Gasteiger partial charge in [0, 0.05) is 24.7 Å². The van der Waals surface area contributed by atoms with E-state index in [-0.39, 0.29) is 17.3 Å². The van der Waals surface area contributed by atoms with E-state index in [0.717, 1.165) is 30.5 Å². The van der Waals surface area contributed by atoms with Gasteiger partial charge in [0.2, 0.25) is 0 Å². The number of aromatic nitrogens is 3. The Kier molecular flexibility index (Phi) is 4.77. The highest BCUT2D eigenvalue weighted by Crippen LogP contribution is 2.43.